The molecule has 0 aromatic heterocycles. The Kier molecular flexibility index (Phi) is 6.80. The van der Waals surface area contributed by atoms with Crippen LogP contribution in [-0.2, 0) is 10.1 Å². The van der Waals surface area contributed by atoms with Crippen molar-refractivity contribution in [1.82, 2.24) is 0 Å². The summed E-state index contributed by atoms with van der Waals surface area (Å²) in [5.74, 6) is 1.37. The lowest BCUT2D eigenvalue weighted by atomic mass is 10.1. The first-order chi connectivity index (χ1) is 10.4. The fraction of sp³-hybridized carbons (Fsp3) is 0.625. The molecule has 0 aliphatic carbocycles. The summed E-state index contributed by atoms with van der Waals surface area (Å²) in [7, 11) is -4.09. The normalized spacial score (nSPS) is 13.0. The number of rotatable bonds is 9. The molecular weight excluding hydrogens is 336 g/mol. The smallest absolute Gasteiger partial charge is 0.270 e. The third kappa shape index (κ3) is 7.46. The Balaban J connectivity index is 2.43. The molecule has 0 saturated heterocycles. The van der Waals surface area contributed by atoms with Gasteiger partial charge >= 0.3 is 0 Å². The first-order valence-corrected chi connectivity index (χ1v) is 9.34. The quantitative estimate of drug-likeness (QED) is 0.519. The molecule has 23 heavy (non-hydrogen) atoms. The Bertz CT molecular complexity index is 586. The standard InChI is InChI=1S/C16H26O5S2/c1-15(2,22)9-11-20-13-5-7-14(8-6-13)21-12-10-16(3,4)23(17,18)19/h5-8,22H,9-12H2,1-4H3,(H,17,18,19). The number of hydrogen-bond acceptors (Lipinski definition) is 5. The van der Waals surface area contributed by atoms with E-state index in [0.717, 1.165) is 12.2 Å². The van der Waals surface area contributed by atoms with Crippen LogP contribution in [0.4, 0.5) is 0 Å². The lowest BCUT2D eigenvalue weighted by molar-refractivity contribution is 0.284. The largest absolute Gasteiger partial charge is 0.494 e. The molecule has 0 heterocycles. The number of hydrogen-bond donors (Lipinski definition) is 2. The zero-order valence-electron chi connectivity index (χ0n) is 14.1. The first-order valence-electron chi connectivity index (χ1n) is 7.46. The zero-order valence-corrected chi connectivity index (χ0v) is 15.8. The van der Waals surface area contributed by atoms with Crippen LogP contribution in [0.5, 0.6) is 11.5 Å². The molecule has 0 spiro atoms. The minimum Gasteiger partial charge on any atom is -0.494 e. The van der Waals surface area contributed by atoms with Gasteiger partial charge in [-0.2, -0.15) is 21.0 Å². The zero-order chi connectivity index (χ0) is 17.7. The molecule has 1 N–H and O–H groups in total. The summed E-state index contributed by atoms with van der Waals surface area (Å²) in [5.41, 5.74) is 0. The van der Waals surface area contributed by atoms with Gasteiger partial charge in [-0.1, -0.05) is 13.8 Å². The molecular formula is C16H26O5S2. The van der Waals surface area contributed by atoms with Gasteiger partial charge in [0.25, 0.3) is 10.1 Å². The molecule has 1 aromatic rings. The van der Waals surface area contributed by atoms with E-state index in [0.29, 0.717) is 12.4 Å². The molecule has 0 fully saturated rings. The van der Waals surface area contributed by atoms with Gasteiger partial charge in [-0.3, -0.25) is 4.55 Å². The maximum absolute atomic E-state index is 11.2. The highest BCUT2D eigenvalue weighted by molar-refractivity contribution is 7.87. The van der Waals surface area contributed by atoms with Crippen molar-refractivity contribution in [1.29, 1.82) is 0 Å². The van der Waals surface area contributed by atoms with Crippen LogP contribution in [0.2, 0.25) is 0 Å². The van der Waals surface area contributed by atoms with Crippen molar-refractivity contribution in [2.45, 2.75) is 50.0 Å². The number of thiol groups is 1. The topological polar surface area (TPSA) is 72.8 Å². The van der Waals surface area contributed by atoms with Crippen molar-refractivity contribution in [3.05, 3.63) is 24.3 Å². The van der Waals surface area contributed by atoms with E-state index in [9.17, 15) is 8.42 Å². The second-order valence-electron chi connectivity index (χ2n) is 6.72. The average molecular weight is 363 g/mol. The summed E-state index contributed by atoms with van der Waals surface area (Å²) in [6.45, 7) is 7.77. The van der Waals surface area contributed by atoms with E-state index < -0.39 is 14.9 Å². The van der Waals surface area contributed by atoms with Crippen molar-refractivity contribution >= 4 is 22.7 Å². The van der Waals surface area contributed by atoms with Crippen LogP contribution >= 0.6 is 12.6 Å². The molecule has 1 aromatic carbocycles. The molecule has 7 heteroatoms. The minimum absolute atomic E-state index is 0.0666. The van der Waals surface area contributed by atoms with Crippen molar-refractivity contribution in [3.63, 3.8) is 0 Å². The van der Waals surface area contributed by atoms with Gasteiger partial charge in [0, 0.05) is 11.2 Å². The summed E-state index contributed by atoms with van der Waals surface area (Å²) in [5, 5.41) is 0. The van der Waals surface area contributed by atoms with Gasteiger partial charge in [0.15, 0.2) is 0 Å². The van der Waals surface area contributed by atoms with E-state index in [2.05, 4.69) is 12.6 Å². The van der Waals surface area contributed by atoms with Crippen molar-refractivity contribution < 1.29 is 22.4 Å². The molecule has 132 valence electrons. The van der Waals surface area contributed by atoms with Crippen LogP contribution in [-0.4, -0.2) is 35.7 Å². The highest BCUT2D eigenvalue weighted by atomic mass is 32.2. The van der Waals surface area contributed by atoms with Crippen LogP contribution in [0.25, 0.3) is 0 Å². The van der Waals surface area contributed by atoms with E-state index in [4.69, 9.17) is 14.0 Å². The summed E-state index contributed by atoms with van der Waals surface area (Å²) >= 11 is 4.44. The second-order valence-corrected chi connectivity index (χ2v) is 9.98. The Hall–Kier alpha value is -0.920. The van der Waals surface area contributed by atoms with Crippen LogP contribution < -0.4 is 9.47 Å². The molecule has 0 unspecified atom stereocenters. The van der Waals surface area contributed by atoms with Gasteiger partial charge in [0.05, 0.1) is 18.0 Å². The third-order valence-corrected chi connectivity index (χ3v) is 5.30. The third-order valence-electron chi connectivity index (χ3n) is 3.48. The molecule has 5 nitrogen and oxygen atoms in total. The monoisotopic (exact) mass is 362 g/mol. The minimum atomic E-state index is -4.09. The van der Waals surface area contributed by atoms with E-state index in [1.807, 2.05) is 13.8 Å². The summed E-state index contributed by atoms with van der Waals surface area (Å²) < 4.78 is 41.3. The van der Waals surface area contributed by atoms with Gasteiger partial charge in [-0.15, -0.1) is 0 Å². The van der Waals surface area contributed by atoms with Gasteiger partial charge in [0.2, 0.25) is 0 Å². The van der Waals surface area contributed by atoms with Gasteiger partial charge < -0.3 is 9.47 Å². The maximum Gasteiger partial charge on any atom is 0.270 e. The van der Waals surface area contributed by atoms with Crippen LogP contribution in [0.15, 0.2) is 24.3 Å². The number of benzene rings is 1. The lowest BCUT2D eigenvalue weighted by Crippen LogP contribution is -2.33. The number of ether oxygens (including phenoxy) is 2. The van der Waals surface area contributed by atoms with Crippen LogP contribution in [0.1, 0.15) is 40.5 Å². The SMILES string of the molecule is CC(C)(S)CCOc1ccc(OCCC(C)(C)S(=O)(=O)O)cc1. The fourth-order valence-electron chi connectivity index (χ4n) is 1.59. The van der Waals surface area contributed by atoms with Crippen LogP contribution in [0, 0.1) is 0 Å². The highest BCUT2D eigenvalue weighted by Gasteiger charge is 2.32. The van der Waals surface area contributed by atoms with Gasteiger partial charge in [-0.05, 0) is 44.5 Å². The Morgan fingerprint density at radius 3 is 1.70 bits per heavy atom. The van der Waals surface area contributed by atoms with Crippen molar-refractivity contribution in [3.8, 4) is 11.5 Å². The van der Waals surface area contributed by atoms with E-state index in [-0.39, 0.29) is 17.8 Å². The average Bonchev–Trinajstić information content (AvgIpc) is 2.37. The highest BCUT2D eigenvalue weighted by Crippen LogP contribution is 2.23. The fourth-order valence-corrected chi connectivity index (χ4v) is 2.03. The van der Waals surface area contributed by atoms with E-state index in [1.165, 1.54) is 13.8 Å². The maximum atomic E-state index is 11.2. The second kappa shape index (κ2) is 7.77. The molecule has 0 saturated carbocycles. The van der Waals surface area contributed by atoms with Gasteiger partial charge in [0.1, 0.15) is 11.5 Å². The summed E-state index contributed by atoms with van der Waals surface area (Å²) in [4.78, 5) is 0. The first kappa shape index (κ1) is 20.1. The van der Waals surface area contributed by atoms with E-state index in [1.54, 1.807) is 24.3 Å². The summed E-state index contributed by atoms with van der Waals surface area (Å²) in [6, 6.07) is 7.13. The van der Waals surface area contributed by atoms with Crippen molar-refractivity contribution in [2.24, 2.45) is 0 Å². The summed E-state index contributed by atoms with van der Waals surface area (Å²) in [6.07, 6.45) is 1.03. The molecule has 0 atom stereocenters. The lowest BCUT2D eigenvalue weighted by Gasteiger charge is -2.20. The molecule has 0 aliphatic heterocycles. The molecule has 0 radical (unpaired) electrons. The molecule has 0 bridgehead atoms. The molecule has 0 aliphatic rings. The Morgan fingerprint density at radius 1 is 0.957 bits per heavy atom. The van der Waals surface area contributed by atoms with Crippen LogP contribution in [0.3, 0.4) is 0 Å². The Morgan fingerprint density at radius 2 is 1.35 bits per heavy atom. The predicted octanol–water partition coefficient (Wildman–Crippen LogP) is 3.60. The van der Waals surface area contributed by atoms with E-state index >= 15 is 0 Å². The van der Waals surface area contributed by atoms with Gasteiger partial charge in [-0.25, -0.2) is 0 Å². The Labute approximate surface area is 144 Å². The molecule has 1 rings (SSSR count). The predicted molar refractivity (Wildman–Crippen MR) is 95.4 cm³/mol. The van der Waals surface area contributed by atoms with Crippen molar-refractivity contribution in [2.75, 3.05) is 13.2 Å². The molecule has 0 amide bonds.